The number of fused-ring (bicyclic) bond motifs is 1. The van der Waals surface area contributed by atoms with Gasteiger partial charge >= 0.3 is 0 Å². The Morgan fingerprint density at radius 1 is 1.45 bits per heavy atom. The average molecular weight is 269 g/mol. The van der Waals surface area contributed by atoms with E-state index in [1.54, 1.807) is 6.20 Å². The quantitative estimate of drug-likeness (QED) is 0.805. The first-order valence-corrected chi connectivity index (χ1v) is 7.10. The molecule has 2 heterocycles. The van der Waals surface area contributed by atoms with E-state index < -0.39 is 5.41 Å². The van der Waals surface area contributed by atoms with E-state index in [9.17, 15) is 4.79 Å². The Bertz CT molecular complexity index is 673. The minimum absolute atomic E-state index is 0.303. The maximum absolute atomic E-state index is 12.6. The first kappa shape index (κ1) is 13.0. The van der Waals surface area contributed by atoms with Crippen LogP contribution in [0.2, 0.25) is 0 Å². The molecule has 1 aliphatic carbocycles. The van der Waals surface area contributed by atoms with Crippen LogP contribution in [0.15, 0.2) is 31.1 Å². The molecule has 1 saturated carbocycles. The van der Waals surface area contributed by atoms with Crippen molar-refractivity contribution >= 4 is 16.7 Å². The predicted octanol–water partition coefficient (Wildman–Crippen LogP) is 2.93. The lowest BCUT2D eigenvalue weighted by Gasteiger charge is -2.34. The van der Waals surface area contributed by atoms with Crippen LogP contribution >= 0.6 is 0 Å². The third-order valence-electron chi connectivity index (χ3n) is 4.40. The molecule has 1 fully saturated rings. The molecule has 2 aromatic rings. The normalized spacial score (nSPS) is 23.1. The molecule has 1 unspecified atom stereocenters. The van der Waals surface area contributed by atoms with E-state index in [0.717, 1.165) is 35.9 Å². The lowest BCUT2D eigenvalue weighted by atomic mass is 9.68. The standard InChI is InChI=1S/C16H19N3O/c1-3-7-16(8-5-4-6-15(16)20)14-9-13-12(10-17-14)11-18-19(13)2/h3,9-11H,1,4-8H2,2H3. The predicted molar refractivity (Wildman–Crippen MR) is 78.5 cm³/mol. The first-order valence-electron chi connectivity index (χ1n) is 7.10. The van der Waals surface area contributed by atoms with Gasteiger partial charge in [-0.2, -0.15) is 5.10 Å². The molecule has 0 aromatic carbocycles. The summed E-state index contributed by atoms with van der Waals surface area (Å²) in [7, 11) is 1.91. The Balaban J connectivity index is 2.15. The lowest BCUT2D eigenvalue weighted by molar-refractivity contribution is -0.126. The molecule has 4 nitrogen and oxygen atoms in total. The van der Waals surface area contributed by atoms with E-state index >= 15 is 0 Å². The summed E-state index contributed by atoms with van der Waals surface area (Å²) in [6, 6.07) is 2.02. The number of aryl methyl sites for hydroxylation is 1. The van der Waals surface area contributed by atoms with Crippen molar-refractivity contribution in [1.82, 2.24) is 14.8 Å². The third kappa shape index (κ3) is 1.87. The molecule has 20 heavy (non-hydrogen) atoms. The highest BCUT2D eigenvalue weighted by Crippen LogP contribution is 2.39. The van der Waals surface area contributed by atoms with Crippen LogP contribution in [-0.4, -0.2) is 20.5 Å². The number of pyridine rings is 1. The van der Waals surface area contributed by atoms with Crippen LogP contribution in [0.3, 0.4) is 0 Å². The summed E-state index contributed by atoms with van der Waals surface area (Å²) >= 11 is 0. The van der Waals surface area contributed by atoms with Gasteiger partial charge < -0.3 is 0 Å². The molecule has 4 heteroatoms. The van der Waals surface area contributed by atoms with Gasteiger partial charge in [0.15, 0.2) is 0 Å². The maximum atomic E-state index is 12.6. The van der Waals surface area contributed by atoms with Gasteiger partial charge in [-0.1, -0.05) is 12.5 Å². The van der Waals surface area contributed by atoms with Crippen LogP contribution in [0.1, 0.15) is 37.8 Å². The van der Waals surface area contributed by atoms with Gasteiger partial charge in [0.05, 0.1) is 22.8 Å². The fraction of sp³-hybridized carbons (Fsp3) is 0.438. The minimum Gasteiger partial charge on any atom is -0.299 e. The SMILES string of the molecule is C=CCC1(c2cc3c(cn2)cnn3C)CCCCC1=O. The fourth-order valence-electron chi connectivity index (χ4n) is 3.24. The van der Waals surface area contributed by atoms with Gasteiger partial charge in [-0.3, -0.25) is 14.5 Å². The molecule has 1 atom stereocenters. The second-order valence-corrected chi connectivity index (χ2v) is 5.60. The number of nitrogens with zero attached hydrogens (tertiary/aromatic N) is 3. The number of hydrogen-bond acceptors (Lipinski definition) is 3. The number of ketones is 1. The van der Waals surface area contributed by atoms with Gasteiger partial charge in [0, 0.05) is 25.1 Å². The highest BCUT2D eigenvalue weighted by molar-refractivity contribution is 5.91. The Hall–Kier alpha value is -1.97. The Morgan fingerprint density at radius 3 is 3.05 bits per heavy atom. The summed E-state index contributed by atoms with van der Waals surface area (Å²) < 4.78 is 1.83. The van der Waals surface area contributed by atoms with Crippen molar-refractivity contribution in [1.29, 1.82) is 0 Å². The second-order valence-electron chi connectivity index (χ2n) is 5.60. The van der Waals surface area contributed by atoms with Crippen LogP contribution in [-0.2, 0) is 17.3 Å². The molecule has 0 amide bonds. The van der Waals surface area contributed by atoms with Crippen LogP contribution in [0, 0.1) is 0 Å². The van der Waals surface area contributed by atoms with Crippen LogP contribution in [0.5, 0.6) is 0 Å². The van der Waals surface area contributed by atoms with Crippen molar-refractivity contribution in [2.24, 2.45) is 7.05 Å². The van der Waals surface area contributed by atoms with E-state index in [0.29, 0.717) is 18.6 Å². The third-order valence-corrected chi connectivity index (χ3v) is 4.40. The van der Waals surface area contributed by atoms with Gasteiger partial charge in [-0.15, -0.1) is 6.58 Å². The maximum Gasteiger partial charge on any atom is 0.145 e. The zero-order valence-corrected chi connectivity index (χ0v) is 11.8. The number of carbonyl (C=O) groups excluding carboxylic acids is 1. The van der Waals surface area contributed by atoms with Crippen molar-refractivity contribution in [2.45, 2.75) is 37.5 Å². The summed E-state index contributed by atoms with van der Waals surface area (Å²) in [4.78, 5) is 17.1. The largest absolute Gasteiger partial charge is 0.299 e. The first-order chi connectivity index (χ1) is 9.67. The van der Waals surface area contributed by atoms with E-state index in [1.165, 1.54) is 0 Å². The molecule has 0 spiro atoms. The summed E-state index contributed by atoms with van der Waals surface area (Å²) in [5.74, 6) is 0.303. The Morgan fingerprint density at radius 2 is 2.30 bits per heavy atom. The van der Waals surface area contributed by atoms with Crippen molar-refractivity contribution in [3.8, 4) is 0 Å². The van der Waals surface area contributed by atoms with Crippen molar-refractivity contribution in [3.05, 3.63) is 36.8 Å². The van der Waals surface area contributed by atoms with Gasteiger partial charge in [0.1, 0.15) is 5.78 Å². The van der Waals surface area contributed by atoms with Crippen LogP contribution in [0.4, 0.5) is 0 Å². The number of allylic oxidation sites excluding steroid dienone is 1. The number of rotatable bonds is 3. The molecule has 1 aliphatic rings. The topological polar surface area (TPSA) is 47.8 Å². The number of carbonyl (C=O) groups is 1. The molecule has 0 N–H and O–H groups in total. The number of Topliss-reactive ketones (excluding diaryl/α,β-unsaturated/α-hetero) is 1. The fourth-order valence-corrected chi connectivity index (χ4v) is 3.24. The molecule has 0 radical (unpaired) electrons. The summed E-state index contributed by atoms with van der Waals surface area (Å²) in [6.07, 6.45) is 9.73. The summed E-state index contributed by atoms with van der Waals surface area (Å²) in [6.45, 7) is 3.83. The van der Waals surface area contributed by atoms with E-state index in [-0.39, 0.29) is 0 Å². The lowest BCUT2D eigenvalue weighted by Crippen LogP contribution is -2.39. The Kier molecular flexibility index (Phi) is 3.16. The van der Waals surface area contributed by atoms with E-state index in [4.69, 9.17) is 0 Å². The van der Waals surface area contributed by atoms with E-state index in [1.807, 2.05) is 30.1 Å². The molecule has 0 aliphatic heterocycles. The van der Waals surface area contributed by atoms with Gasteiger partial charge in [-0.25, -0.2) is 0 Å². The summed E-state index contributed by atoms with van der Waals surface area (Å²) in [5.41, 5.74) is 1.42. The molecular formula is C16H19N3O. The molecule has 104 valence electrons. The molecule has 0 bridgehead atoms. The second kappa shape index (κ2) is 4.85. The monoisotopic (exact) mass is 269 g/mol. The highest BCUT2D eigenvalue weighted by atomic mass is 16.1. The number of hydrogen-bond donors (Lipinski definition) is 0. The molecule has 3 rings (SSSR count). The highest BCUT2D eigenvalue weighted by Gasteiger charge is 2.41. The van der Waals surface area contributed by atoms with Crippen molar-refractivity contribution in [3.63, 3.8) is 0 Å². The van der Waals surface area contributed by atoms with Crippen molar-refractivity contribution < 1.29 is 4.79 Å². The van der Waals surface area contributed by atoms with Gasteiger partial charge in [-0.05, 0) is 25.3 Å². The smallest absolute Gasteiger partial charge is 0.145 e. The van der Waals surface area contributed by atoms with Crippen molar-refractivity contribution in [2.75, 3.05) is 0 Å². The van der Waals surface area contributed by atoms with Crippen LogP contribution in [0.25, 0.3) is 10.9 Å². The zero-order valence-electron chi connectivity index (χ0n) is 11.8. The van der Waals surface area contributed by atoms with Gasteiger partial charge in [0.25, 0.3) is 0 Å². The summed E-state index contributed by atoms with van der Waals surface area (Å²) in [5, 5.41) is 5.25. The van der Waals surface area contributed by atoms with Crippen LogP contribution < -0.4 is 0 Å². The molecule has 0 saturated heterocycles. The van der Waals surface area contributed by atoms with E-state index in [2.05, 4.69) is 16.7 Å². The van der Waals surface area contributed by atoms with Gasteiger partial charge in [0.2, 0.25) is 0 Å². The Labute approximate surface area is 118 Å². The number of aromatic nitrogens is 3. The zero-order chi connectivity index (χ0) is 14.2. The average Bonchev–Trinajstić information content (AvgIpc) is 2.83. The molecular weight excluding hydrogens is 250 g/mol. The minimum atomic E-state index is -0.474. The molecule has 2 aromatic heterocycles.